The van der Waals surface area contributed by atoms with E-state index in [1.54, 1.807) is 13.4 Å². The van der Waals surface area contributed by atoms with Crippen LogP contribution in [0.25, 0.3) is 0 Å². The summed E-state index contributed by atoms with van der Waals surface area (Å²) in [6, 6.07) is 10.2. The van der Waals surface area contributed by atoms with Gasteiger partial charge in [-0.15, -0.1) is 0 Å². The van der Waals surface area contributed by atoms with Gasteiger partial charge in [0, 0.05) is 17.7 Å². The Hall–Kier alpha value is -1.94. The van der Waals surface area contributed by atoms with E-state index in [1.165, 1.54) is 12.8 Å². The summed E-state index contributed by atoms with van der Waals surface area (Å²) >= 11 is 0. The van der Waals surface area contributed by atoms with E-state index in [2.05, 4.69) is 5.32 Å². The van der Waals surface area contributed by atoms with Crippen LogP contribution in [-0.2, 0) is 13.2 Å². The van der Waals surface area contributed by atoms with Crippen LogP contribution in [0.1, 0.15) is 24.2 Å². The standard InChI is InChI=1S/C16H19NO3/c1-18-14-3-2-4-15(9-14)20-11-12-7-8-19-16(12)10-17-13-5-6-13/h2-4,7-9,13,17H,5-6,10-11H2,1H3. The maximum Gasteiger partial charge on any atom is 0.124 e. The minimum Gasteiger partial charge on any atom is -0.497 e. The Morgan fingerprint density at radius 2 is 2.10 bits per heavy atom. The van der Waals surface area contributed by atoms with Gasteiger partial charge in [0.15, 0.2) is 0 Å². The van der Waals surface area contributed by atoms with E-state index >= 15 is 0 Å². The van der Waals surface area contributed by atoms with Crippen LogP contribution >= 0.6 is 0 Å². The molecule has 1 N–H and O–H groups in total. The van der Waals surface area contributed by atoms with Gasteiger partial charge in [0.2, 0.25) is 0 Å². The first-order chi connectivity index (χ1) is 9.85. The van der Waals surface area contributed by atoms with Gasteiger partial charge in [0.25, 0.3) is 0 Å². The van der Waals surface area contributed by atoms with Crippen LogP contribution in [0.2, 0.25) is 0 Å². The summed E-state index contributed by atoms with van der Waals surface area (Å²) in [5.74, 6) is 2.55. The molecule has 0 spiro atoms. The second-order valence-electron chi connectivity index (χ2n) is 4.99. The average Bonchev–Trinajstić information content (AvgIpc) is 3.21. The van der Waals surface area contributed by atoms with Crippen molar-refractivity contribution >= 4 is 0 Å². The number of hydrogen-bond acceptors (Lipinski definition) is 4. The summed E-state index contributed by atoms with van der Waals surface area (Å²) in [6.45, 7) is 1.28. The monoisotopic (exact) mass is 273 g/mol. The van der Waals surface area contributed by atoms with Gasteiger partial charge in [-0.1, -0.05) is 6.07 Å². The van der Waals surface area contributed by atoms with Gasteiger partial charge in [0.1, 0.15) is 23.9 Å². The molecule has 20 heavy (non-hydrogen) atoms. The lowest BCUT2D eigenvalue weighted by atomic mass is 10.2. The highest BCUT2D eigenvalue weighted by Gasteiger charge is 2.21. The van der Waals surface area contributed by atoms with Crippen molar-refractivity contribution in [3.05, 3.63) is 47.9 Å². The van der Waals surface area contributed by atoms with E-state index in [0.29, 0.717) is 12.6 Å². The average molecular weight is 273 g/mol. The Morgan fingerprint density at radius 3 is 2.90 bits per heavy atom. The van der Waals surface area contributed by atoms with Gasteiger partial charge in [-0.2, -0.15) is 0 Å². The van der Waals surface area contributed by atoms with Crippen LogP contribution in [0.4, 0.5) is 0 Å². The second kappa shape index (κ2) is 6.01. The predicted octanol–water partition coefficient (Wildman–Crippen LogP) is 3.12. The lowest BCUT2D eigenvalue weighted by Gasteiger charge is -2.08. The smallest absolute Gasteiger partial charge is 0.124 e. The zero-order valence-corrected chi connectivity index (χ0v) is 11.6. The van der Waals surface area contributed by atoms with Gasteiger partial charge in [-0.05, 0) is 31.0 Å². The molecule has 1 saturated carbocycles. The second-order valence-corrected chi connectivity index (χ2v) is 4.99. The van der Waals surface area contributed by atoms with Crippen LogP contribution in [0.5, 0.6) is 11.5 Å². The molecule has 0 aliphatic heterocycles. The van der Waals surface area contributed by atoms with Gasteiger partial charge in [-0.25, -0.2) is 0 Å². The summed E-state index contributed by atoms with van der Waals surface area (Å²) in [6.07, 6.45) is 4.26. The highest BCUT2D eigenvalue weighted by atomic mass is 16.5. The molecule has 1 heterocycles. The summed E-state index contributed by atoms with van der Waals surface area (Å²) in [5.41, 5.74) is 1.08. The number of ether oxygens (including phenoxy) is 2. The van der Waals surface area contributed by atoms with E-state index in [0.717, 1.165) is 29.4 Å². The van der Waals surface area contributed by atoms with E-state index in [4.69, 9.17) is 13.9 Å². The maximum absolute atomic E-state index is 5.79. The Balaban J connectivity index is 1.58. The van der Waals surface area contributed by atoms with Crippen molar-refractivity contribution < 1.29 is 13.9 Å². The molecule has 0 amide bonds. The SMILES string of the molecule is COc1cccc(OCc2ccoc2CNC2CC2)c1. The Labute approximate surface area is 118 Å². The first-order valence-electron chi connectivity index (χ1n) is 6.90. The lowest BCUT2D eigenvalue weighted by Crippen LogP contribution is -2.16. The zero-order chi connectivity index (χ0) is 13.8. The Kier molecular flexibility index (Phi) is 3.92. The molecule has 1 aromatic heterocycles. The number of hydrogen-bond donors (Lipinski definition) is 1. The summed E-state index contributed by atoms with van der Waals surface area (Å²) < 4.78 is 16.5. The Morgan fingerprint density at radius 1 is 1.25 bits per heavy atom. The minimum absolute atomic E-state index is 0.505. The fourth-order valence-electron chi connectivity index (χ4n) is 2.03. The highest BCUT2D eigenvalue weighted by molar-refractivity contribution is 5.33. The number of rotatable bonds is 7. The normalized spacial score (nSPS) is 14.2. The third-order valence-corrected chi connectivity index (χ3v) is 3.40. The molecular formula is C16H19NO3. The third kappa shape index (κ3) is 3.33. The van der Waals surface area contributed by atoms with E-state index in [1.807, 2.05) is 30.3 Å². The van der Waals surface area contributed by atoms with Gasteiger partial charge >= 0.3 is 0 Å². The van der Waals surface area contributed by atoms with Crippen molar-refractivity contribution in [1.82, 2.24) is 5.32 Å². The third-order valence-electron chi connectivity index (χ3n) is 3.40. The number of methoxy groups -OCH3 is 1. The summed E-state index contributed by atoms with van der Waals surface area (Å²) in [7, 11) is 1.65. The van der Waals surface area contributed by atoms with Gasteiger partial charge in [-0.3, -0.25) is 0 Å². The molecule has 1 aliphatic carbocycles. The summed E-state index contributed by atoms with van der Waals surface area (Å²) in [5, 5.41) is 3.45. The molecule has 0 bridgehead atoms. The molecular weight excluding hydrogens is 254 g/mol. The van der Waals surface area contributed by atoms with E-state index in [-0.39, 0.29) is 0 Å². The van der Waals surface area contributed by atoms with Crippen LogP contribution in [0.3, 0.4) is 0 Å². The highest BCUT2D eigenvalue weighted by Crippen LogP contribution is 2.22. The molecule has 0 saturated heterocycles. The quantitative estimate of drug-likeness (QED) is 0.841. The fourth-order valence-corrected chi connectivity index (χ4v) is 2.03. The lowest BCUT2D eigenvalue weighted by molar-refractivity contribution is 0.299. The molecule has 1 aliphatic rings. The zero-order valence-electron chi connectivity index (χ0n) is 11.6. The van der Waals surface area contributed by atoms with Crippen LogP contribution in [0.15, 0.2) is 41.0 Å². The van der Waals surface area contributed by atoms with Crippen LogP contribution < -0.4 is 14.8 Å². The number of furan rings is 1. The first-order valence-corrected chi connectivity index (χ1v) is 6.90. The van der Waals surface area contributed by atoms with Crippen molar-refractivity contribution in [2.75, 3.05) is 7.11 Å². The molecule has 0 radical (unpaired) electrons. The van der Waals surface area contributed by atoms with Gasteiger partial charge < -0.3 is 19.2 Å². The van der Waals surface area contributed by atoms with E-state index < -0.39 is 0 Å². The minimum atomic E-state index is 0.505. The van der Waals surface area contributed by atoms with Crippen molar-refractivity contribution in [2.45, 2.75) is 32.0 Å². The van der Waals surface area contributed by atoms with Crippen molar-refractivity contribution in [1.29, 1.82) is 0 Å². The first kappa shape index (κ1) is 13.1. The predicted molar refractivity (Wildman–Crippen MR) is 75.9 cm³/mol. The molecule has 0 atom stereocenters. The molecule has 0 unspecified atom stereocenters. The largest absolute Gasteiger partial charge is 0.497 e. The van der Waals surface area contributed by atoms with Gasteiger partial charge in [0.05, 0.1) is 19.9 Å². The fraction of sp³-hybridized carbons (Fsp3) is 0.375. The number of benzene rings is 1. The summed E-state index contributed by atoms with van der Waals surface area (Å²) in [4.78, 5) is 0. The maximum atomic E-state index is 5.79. The molecule has 2 aromatic rings. The van der Waals surface area contributed by atoms with E-state index in [9.17, 15) is 0 Å². The molecule has 106 valence electrons. The molecule has 1 aromatic carbocycles. The topological polar surface area (TPSA) is 43.6 Å². The van der Waals surface area contributed by atoms with Crippen molar-refractivity contribution in [3.63, 3.8) is 0 Å². The van der Waals surface area contributed by atoms with Crippen LogP contribution in [-0.4, -0.2) is 13.2 Å². The molecule has 3 rings (SSSR count). The van der Waals surface area contributed by atoms with Crippen LogP contribution in [0, 0.1) is 0 Å². The molecule has 1 fully saturated rings. The number of nitrogens with one attached hydrogen (secondary N) is 1. The Bertz CT molecular complexity index is 560. The molecule has 4 heteroatoms. The van der Waals surface area contributed by atoms with Crippen molar-refractivity contribution in [3.8, 4) is 11.5 Å². The molecule has 4 nitrogen and oxygen atoms in total. The van der Waals surface area contributed by atoms with Crippen molar-refractivity contribution in [2.24, 2.45) is 0 Å².